The summed E-state index contributed by atoms with van der Waals surface area (Å²) in [6.07, 6.45) is 1.53. The van der Waals surface area contributed by atoms with Crippen LogP contribution in [0, 0.1) is 5.82 Å². The van der Waals surface area contributed by atoms with E-state index in [1.165, 1.54) is 17.7 Å². The van der Waals surface area contributed by atoms with E-state index in [1.54, 1.807) is 6.07 Å². The topological polar surface area (TPSA) is 29.5 Å². The Balaban J connectivity index is 1.91. The van der Waals surface area contributed by atoms with Crippen molar-refractivity contribution in [3.8, 4) is 5.75 Å². The van der Waals surface area contributed by atoms with E-state index >= 15 is 0 Å². The van der Waals surface area contributed by atoms with Crippen LogP contribution in [0.3, 0.4) is 0 Å². The minimum absolute atomic E-state index is 0.0231. The summed E-state index contributed by atoms with van der Waals surface area (Å²) >= 11 is 3.52. The third kappa shape index (κ3) is 3.11. The highest BCUT2D eigenvalue weighted by atomic mass is 79.9. The molecule has 3 rings (SSSR count). The van der Waals surface area contributed by atoms with Crippen LogP contribution in [-0.2, 0) is 12.8 Å². The predicted octanol–water partition coefficient (Wildman–Crippen LogP) is 3.84. The number of rotatable bonds is 4. The SMILES string of the molecule is OCC(Cc1cc(Br)cc2c1OCC2)c1cccc(F)c1. The number of hydrogen-bond donors (Lipinski definition) is 1. The molecule has 0 fully saturated rings. The first-order valence-corrected chi connectivity index (χ1v) is 7.77. The Hall–Kier alpha value is -1.39. The predicted molar refractivity (Wildman–Crippen MR) is 83.3 cm³/mol. The van der Waals surface area contributed by atoms with E-state index in [2.05, 4.69) is 22.0 Å². The first kappa shape index (κ1) is 14.5. The van der Waals surface area contributed by atoms with Gasteiger partial charge in [0.2, 0.25) is 0 Å². The van der Waals surface area contributed by atoms with Gasteiger partial charge in [-0.15, -0.1) is 0 Å². The van der Waals surface area contributed by atoms with E-state index in [4.69, 9.17) is 4.74 Å². The summed E-state index contributed by atoms with van der Waals surface area (Å²) in [5.74, 6) is 0.512. The van der Waals surface area contributed by atoms with Crippen molar-refractivity contribution in [3.05, 3.63) is 63.4 Å². The summed E-state index contributed by atoms with van der Waals surface area (Å²) in [4.78, 5) is 0. The van der Waals surface area contributed by atoms with Gasteiger partial charge in [0.05, 0.1) is 13.2 Å². The molecule has 0 spiro atoms. The van der Waals surface area contributed by atoms with Gasteiger partial charge in [0.25, 0.3) is 0 Å². The summed E-state index contributed by atoms with van der Waals surface area (Å²) in [5.41, 5.74) is 3.06. The van der Waals surface area contributed by atoms with Gasteiger partial charge in [0, 0.05) is 16.8 Å². The third-order valence-electron chi connectivity index (χ3n) is 3.83. The van der Waals surface area contributed by atoms with E-state index in [0.29, 0.717) is 13.0 Å². The molecule has 0 bridgehead atoms. The van der Waals surface area contributed by atoms with Crippen LogP contribution < -0.4 is 4.74 Å². The van der Waals surface area contributed by atoms with Gasteiger partial charge < -0.3 is 9.84 Å². The monoisotopic (exact) mass is 350 g/mol. The van der Waals surface area contributed by atoms with Crippen molar-refractivity contribution in [2.75, 3.05) is 13.2 Å². The van der Waals surface area contributed by atoms with Gasteiger partial charge in [-0.3, -0.25) is 0 Å². The molecule has 0 aromatic heterocycles. The number of hydrogen-bond acceptors (Lipinski definition) is 2. The van der Waals surface area contributed by atoms with Crippen molar-refractivity contribution < 1.29 is 14.2 Å². The maximum atomic E-state index is 13.4. The lowest BCUT2D eigenvalue weighted by molar-refractivity contribution is 0.263. The lowest BCUT2D eigenvalue weighted by atomic mass is 9.91. The smallest absolute Gasteiger partial charge is 0.125 e. The Morgan fingerprint density at radius 1 is 1.29 bits per heavy atom. The summed E-state index contributed by atoms with van der Waals surface area (Å²) < 4.78 is 20.1. The Bertz CT molecular complexity index is 657. The Morgan fingerprint density at radius 2 is 2.14 bits per heavy atom. The highest BCUT2D eigenvalue weighted by Crippen LogP contribution is 2.35. The van der Waals surface area contributed by atoms with Crippen LogP contribution in [0.5, 0.6) is 5.75 Å². The fraction of sp³-hybridized carbons (Fsp3) is 0.294. The second kappa shape index (κ2) is 6.16. The van der Waals surface area contributed by atoms with Crippen LogP contribution in [0.4, 0.5) is 4.39 Å². The summed E-state index contributed by atoms with van der Waals surface area (Å²) in [7, 11) is 0. The molecule has 0 saturated heterocycles. The molecule has 110 valence electrons. The maximum Gasteiger partial charge on any atom is 0.125 e. The van der Waals surface area contributed by atoms with Crippen LogP contribution in [-0.4, -0.2) is 18.3 Å². The second-order valence-electron chi connectivity index (χ2n) is 5.29. The number of aliphatic hydroxyl groups is 1. The maximum absolute atomic E-state index is 13.4. The van der Waals surface area contributed by atoms with Gasteiger partial charge >= 0.3 is 0 Å². The molecule has 1 aliphatic heterocycles. The zero-order valence-corrected chi connectivity index (χ0v) is 13.1. The first-order valence-electron chi connectivity index (χ1n) is 6.98. The van der Waals surface area contributed by atoms with Crippen molar-refractivity contribution in [2.24, 2.45) is 0 Å². The molecule has 4 heteroatoms. The molecule has 0 radical (unpaired) electrons. The van der Waals surface area contributed by atoms with E-state index in [-0.39, 0.29) is 18.3 Å². The number of aliphatic hydroxyl groups excluding tert-OH is 1. The van der Waals surface area contributed by atoms with E-state index in [0.717, 1.165) is 27.8 Å². The summed E-state index contributed by atoms with van der Waals surface area (Å²) in [6, 6.07) is 10.5. The average Bonchev–Trinajstić information content (AvgIpc) is 2.92. The average molecular weight is 351 g/mol. The van der Waals surface area contributed by atoms with Crippen LogP contribution in [0.2, 0.25) is 0 Å². The van der Waals surface area contributed by atoms with Crippen LogP contribution >= 0.6 is 15.9 Å². The molecule has 1 N–H and O–H groups in total. The fourth-order valence-corrected chi connectivity index (χ4v) is 3.36. The second-order valence-corrected chi connectivity index (χ2v) is 6.21. The molecule has 1 unspecified atom stereocenters. The summed E-state index contributed by atoms with van der Waals surface area (Å²) in [5, 5.41) is 9.67. The molecule has 0 amide bonds. The molecular weight excluding hydrogens is 335 g/mol. The van der Waals surface area contributed by atoms with E-state index in [9.17, 15) is 9.50 Å². The Kier molecular flexibility index (Phi) is 4.27. The molecule has 0 saturated carbocycles. The van der Waals surface area contributed by atoms with Gasteiger partial charge in [-0.2, -0.15) is 0 Å². The van der Waals surface area contributed by atoms with Crippen molar-refractivity contribution in [2.45, 2.75) is 18.8 Å². The molecule has 2 nitrogen and oxygen atoms in total. The standard InChI is InChI=1S/C17H16BrFO2/c18-15-7-12-4-5-21-17(12)13(8-15)6-14(10-20)11-2-1-3-16(19)9-11/h1-3,7-9,14,20H,4-6,10H2. The highest BCUT2D eigenvalue weighted by Gasteiger charge is 2.21. The van der Waals surface area contributed by atoms with Gasteiger partial charge in [-0.1, -0.05) is 28.1 Å². The normalized spacial score (nSPS) is 14.6. The third-order valence-corrected chi connectivity index (χ3v) is 4.29. The number of benzene rings is 2. The quantitative estimate of drug-likeness (QED) is 0.907. The highest BCUT2D eigenvalue weighted by molar-refractivity contribution is 9.10. The number of halogens is 2. The van der Waals surface area contributed by atoms with Crippen molar-refractivity contribution in [1.29, 1.82) is 0 Å². The van der Waals surface area contributed by atoms with E-state index in [1.807, 2.05) is 12.1 Å². The summed E-state index contributed by atoms with van der Waals surface area (Å²) in [6.45, 7) is 0.674. The molecule has 1 heterocycles. The molecule has 1 atom stereocenters. The van der Waals surface area contributed by atoms with Crippen molar-refractivity contribution >= 4 is 15.9 Å². The van der Waals surface area contributed by atoms with Gasteiger partial charge in [-0.25, -0.2) is 4.39 Å². The molecule has 21 heavy (non-hydrogen) atoms. The molecular formula is C17H16BrFO2. The van der Waals surface area contributed by atoms with Crippen LogP contribution in [0.25, 0.3) is 0 Å². The van der Waals surface area contributed by atoms with Crippen molar-refractivity contribution in [3.63, 3.8) is 0 Å². The van der Waals surface area contributed by atoms with Crippen LogP contribution in [0.15, 0.2) is 40.9 Å². The van der Waals surface area contributed by atoms with Crippen molar-refractivity contribution in [1.82, 2.24) is 0 Å². The molecule has 0 aliphatic carbocycles. The zero-order chi connectivity index (χ0) is 14.8. The molecule has 2 aromatic carbocycles. The van der Waals surface area contributed by atoms with Gasteiger partial charge in [-0.05, 0) is 47.4 Å². The minimum Gasteiger partial charge on any atom is -0.493 e. The zero-order valence-electron chi connectivity index (χ0n) is 11.5. The van der Waals surface area contributed by atoms with Crippen LogP contribution in [0.1, 0.15) is 22.6 Å². The van der Waals surface area contributed by atoms with Gasteiger partial charge in [0.15, 0.2) is 0 Å². The molecule has 1 aliphatic rings. The van der Waals surface area contributed by atoms with E-state index < -0.39 is 0 Å². The molecule has 2 aromatic rings. The number of fused-ring (bicyclic) bond motifs is 1. The lowest BCUT2D eigenvalue weighted by Gasteiger charge is -2.17. The largest absolute Gasteiger partial charge is 0.493 e. The minimum atomic E-state index is -0.276. The first-order chi connectivity index (χ1) is 10.2. The fourth-order valence-electron chi connectivity index (χ4n) is 2.81. The Morgan fingerprint density at radius 3 is 2.90 bits per heavy atom. The Labute approximate surface area is 131 Å². The lowest BCUT2D eigenvalue weighted by Crippen LogP contribution is -2.09. The number of ether oxygens (including phenoxy) is 1. The van der Waals surface area contributed by atoms with Gasteiger partial charge in [0.1, 0.15) is 11.6 Å².